The predicted octanol–water partition coefficient (Wildman–Crippen LogP) is 5.23. The van der Waals surface area contributed by atoms with Crippen molar-refractivity contribution in [2.45, 2.75) is 39.2 Å². The molecule has 1 heterocycles. The summed E-state index contributed by atoms with van der Waals surface area (Å²) < 4.78 is 11.2. The summed E-state index contributed by atoms with van der Waals surface area (Å²) in [4.78, 5) is 5.16. The van der Waals surface area contributed by atoms with Crippen molar-refractivity contribution in [2.75, 3.05) is 46.9 Å². The maximum atomic E-state index is 6.07. The maximum absolute atomic E-state index is 6.07. The molecule has 1 atom stereocenters. The monoisotopic (exact) mass is 430 g/mol. The van der Waals surface area contributed by atoms with Gasteiger partial charge in [0.1, 0.15) is 0 Å². The Morgan fingerprint density at radius 1 is 1.03 bits per heavy atom. The van der Waals surface area contributed by atoms with E-state index in [2.05, 4.69) is 47.9 Å². The van der Waals surface area contributed by atoms with Crippen molar-refractivity contribution < 1.29 is 9.47 Å². The first kappa shape index (κ1) is 22.9. The molecule has 0 saturated carbocycles. The fraction of sp³-hybridized carbons (Fsp3) is 0.520. The average Bonchev–Trinajstić information content (AvgIpc) is 2.78. The molecule has 2 aromatic carbocycles. The smallest absolute Gasteiger partial charge is 0.161 e. The number of fused-ring (bicyclic) bond motifs is 1. The molecule has 2 aromatic rings. The van der Waals surface area contributed by atoms with E-state index in [9.17, 15) is 0 Å². The minimum absolute atomic E-state index is 0.375. The van der Waals surface area contributed by atoms with Gasteiger partial charge in [0, 0.05) is 30.7 Å². The van der Waals surface area contributed by atoms with E-state index in [-0.39, 0.29) is 0 Å². The lowest BCUT2D eigenvalue weighted by atomic mass is 9.88. The van der Waals surface area contributed by atoms with Crippen molar-refractivity contribution in [1.29, 1.82) is 0 Å². The zero-order chi connectivity index (χ0) is 21.5. The molecule has 30 heavy (non-hydrogen) atoms. The van der Waals surface area contributed by atoms with Crippen molar-refractivity contribution in [3.8, 4) is 11.5 Å². The van der Waals surface area contributed by atoms with E-state index < -0.39 is 0 Å². The molecule has 0 N–H and O–H groups in total. The summed E-state index contributed by atoms with van der Waals surface area (Å²) in [5.74, 6) is 1.64. The first-order valence-electron chi connectivity index (χ1n) is 11.0. The van der Waals surface area contributed by atoms with E-state index in [0.717, 1.165) is 68.5 Å². The molecule has 0 aliphatic carbocycles. The Bertz CT molecular complexity index is 806. The standard InChI is InChI=1S/C25H35ClN2O2/c1-5-27(6-2)15-16-28-14-13-20-17-24(29-3)25(30-4)18-22(20)23(28)12-9-19-7-10-21(26)11-8-19/h7-8,10-11,17-18,23H,5-6,9,12-16H2,1-4H3. The minimum Gasteiger partial charge on any atom is -0.493 e. The number of aryl methyl sites for hydroxylation is 1. The summed E-state index contributed by atoms with van der Waals surface area (Å²) in [6.07, 6.45) is 3.14. The van der Waals surface area contributed by atoms with Crippen LogP contribution in [0.3, 0.4) is 0 Å². The Morgan fingerprint density at radius 2 is 1.70 bits per heavy atom. The molecule has 0 bridgehead atoms. The first-order valence-corrected chi connectivity index (χ1v) is 11.4. The van der Waals surface area contributed by atoms with Crippen LogP contribution in [-0.4, -0.2) is 56.7 Å². The molecular weight excluding hydrogens is 396 g/mol. The van der Waals surface area contributed by atoms with Gasteiger partial charge in [-0.3, -0.25) is 4.90 Å². The van der Waals surface area contributed by atoms with Gasteiger partial charge in [-0.15, -0.1) is 0 Å². The van der Waals surface area contributed by atoms with Gasteiger partial charge in [-0.05, 0) is 73.3 Å². The number of likely N-dealkylation sites (N-methyl/N-ethyl adjacent to an activating group) is 1. The van der Waals surface area contributed by atoms with Gasteiger partial charge >= 0.3 is 0 Å². The molecule has 0 fully saturated rings. The third-order valence-corrected chi connectivity index (χ3v) is 6.58. The van der Waals surface area contributed by atoms with E-state index >= 15 is 0 Å². The highest BCUT2D eigenvalue weighted by Crippen LogP contribution is 2.39. The van der Waals surface area contributed by atoms with E-state index in [1.54, 1.807) is 14.2 Å². The van der Waals surface area contributed by atoms with Crippen molar-refractivity contribution in [1.82, 2.24) is 9.80 Å². The predicted molar refractivity (Wildman–Crippen MR) is 125 cm³/mol. The summed E-state index contributed by atoms with van der Waals surface area (Å²) in [5, 5.41) is 0.791. The van der Waals surface area contributed by atoms with Gasteiger partial charge in [0.15, 0.2) is 11.5 Å². The van der Waals surface area contributed by atoms with Crippen molar-refractivity contribution in [3.63, 3.8) is 0 Å². The van der Waals surface area contributed by atoms with Gasteiger partial charge in [0.2, 0.25) is 0 Å². The fourth-order valence-corrected chi connectivity index (χ4v) is 4.58. The number of nitrogens with zero attached hydrogens (tertiary/aromatic N) is 2. The van der Waals surface area contributed by atoms with E-state index in [1.807, 2.05) is 12.1 Å². The third-order valence-electron chi connectivity index (χ3n) is 6.33. The molecule has 1 aliphatic heterocycles. The molecule has 3 rings (SSSR count). The lowest BCUT2D eigenvalue weighted by Gasteiger charge is -2.39. The van der Waals surface area contributed by atoms with Crippen molar-refractivity contribution in [2.24, 2.45) is 0 Å². The average molecular weight is 431 g/mol. The van der Waals surface area contributed by atoms with E-state index in [0.29, 0.717) is 6.04 Å². The molecular formula is C25H35ClN2O2. The Labute approximate surface area is 186 Å². The first-order chi connectivity index (χ1) is 14.6. The molecule has 1 aliphatic rings. The van der Waals surface area contributed by atoms with Gasteiger partial charge in [-0.1, -0.05) is 37.6 Å². The van der Waals surface area contributed by atoms with Crippen LogP contribution in [0.1, 0.15) is 43.0 Å². The van der Waals surface area contributed by atoms with Crippen LogP contribution in [0.15, 0.2) is 36.4 Å². The molecule has 0 aromatic heterocycles. The summed E-state index contributed by atoms with van der Waals surface area (Å²) in [6.45, 7) is 9.94. The van der Waals surface area contributed by atoms with Gasteiger partial charge in [-0.25, -0.2) is 0 Å². The second-order valence-electron chi connectivity index (χ2n) is 7.90. The highest BCUT2D eigenvalue weighted by atomic mass is 35.5. The van der Waals surface area contributed by atoms with Crippen LogP contribution in [0, 0.1) is 0 Å². The number of rotatable bonds is 10. The normalized spacial score (nSPS) is 16.5. The Balaban J connectivity index is 1.85. The summed E-state index contributed by atoms with van der Waals surface area (Å²) >= 11 is 6.07. The van der Waals surface area contributed by atoms with Crippen LogP contribution in [0.2, 0.25) is 5.02 Å². The van der Waals surface area contributed by atoms with Crippen LogP contribution in [0.25, 0.3) is 0 Å². The van der Waals surface area contributed by atoms with Crippen LogP contribution in [0.5, 0.6) is 11.5 Å². The lowest BCUT2D eigenvalue weighted by molar-refractivity contribution is 0.148. The molecule has 5 heteroatoms. The second-order valence-corrected chi connectivity index (χ2v) is 8.34. The number of hydrogen-bond acceptors (Lipinski definition) is 4. The Hall–Kier alpha value is -1.75. The SMILES string of the molecule is CCN(CC)CCN1CCc2cc(OC)c(OC)cc2C1CCc1ccc(Cl)cc1. The molecule has 0 amide bonds. The highest BCUT2D eigenvalue weighted by Gasteiger charge is 2.29. The van der Waals surface area contributed by atoms with Crippen LogP contribution < -0.4 is 9.47 Å². The molecule has 0 spiro atoms. The summed E-state index contributed by atoms with van der Waals surface area (Å²) in [5.41, 5.74) is 4.09. The van der Waals surface area contributed by atoms with Gasteiger partial charge in [0.05, 0.1) is 14.2 Å². The van der Waals surface area contributed by atoms with E-state index in [4.69, 9.17) is 21.1 Å². The number of benzene rings is 2. The maximum Gasteiger partial charge on any atom is 0.161 e. The number of hydrogen-bond donors (Lipinski definition) is 0. The highest BCUT2D eigenvalue weighted by molar-refractivity contribution is 6.30. The zero-order valence-electron chi connectivity index (χ0n) is 18.8. The summed E-state index contributed by atoms with van der Waals surface area (Å²) in [6, 6.07) is 13.0. The molecule has 0 radical (unpaired) electrons. The lowest BCUT2D eigenvalue weighted by Crippen LogP contribution is -2.41. The van der Waals surface area contributed by atoms with E-state index in [1.165, 1.54) is 16.7 Å². The summed E-state index contributed by atoms with van der Waals surface area (Å²) in [7, 11) is 3.43. The largest absolute Gasteiger partial charge is 0.493 e. The second kappa shape index (κ2) is 11.0. The Morgan fingerprint density at radius 3 is 2.33 bits per heavy atom. The van der Waals surface area contributed by atoms with Gasteiger partial charge in [-0.2, -0.15) is 0 Å². The van der Waals surface area contributed by atoms with Crippen molar-refractivity contribution in [3.05, 3.63) is 58.1 Å². The molecule has 0 saturated heterocycles. The quantitative estimate of drug-likeness (QED) is 0.515. The minimum atomic E-state index is 0.375. The zero-order valence-corrected chi connectivity index (χ0v) is 19.5. The van der Waals surface area contributed by atoms with Crippen molar-refractivity contribution >= 4 is 11.6 Å². The third kappa shape index (κ3) is 5.48. The molecule has 164 valence electrons. The fourth-order valence-electron chi connectivity index (χ4n) is 4.45. The number of ether oxygens (including phenoxy) is 2. The topological polar surface area (TPSA) is 24.9 Å². The number of methoxy groups -OCH3 is 2. The van der Waals surface area contributed by atoms with Crippen LogP contribution in [-0.2, 0) is 12.8 Å². The van der Waals surface area contributed by atoms with Gasteiger partial charge in [0.25, 0.3) is 0 Å². The Kier molecular flexibility index (Phi) is 8.43. The van der Waals surface area contributed by atoms with Crippen LogP contribution >= 0.6 is 11.6 Å². The van der Waals surface area contributed by atoms with Gasteiger partial charge < -0.3 is 14.4 Å². The molecule has 4 nitrogen and oxygen atoms in total. The van der Waals surface area contributed by atoms with Crippen LogP contribution in [0.4, 0.5) is 0 Å². The molecule has 1 unspecified atom stereocenters. The number of halogens is 1.